The first-order valence-electron chi connectivity index (χ1n) is 10.7. The molecule has 2 atom stereocenters. The predicted octanol–water partition coefficient (Wildman–Crippen LogP) is 7.39. The van der Waals surface area contributed by atoms with Crippen molar-refractivity contribution in [2.24, 2.45) is 0 Å². The van der Waals surface area contributed by atoms with Crippen molar-refractivity contribution < 1.29 is 4.42 Å². The van der Waals surface area contributed by atoms with Gasteiger partial charge in [0.15, 0.2) is 5.11 Å². The van der Waals surface area contributed by atoms with Gasteiger partial charge >= 0.3 is 0 Å². The van der Waals surface area contributed by atoms with E-state index in [-0.39, 0.29) is 12.1 Å². The molecule has 5 rings (SSSR count). The van der Waals surface area contributed by atoms with E-state index in [1.54, 1.807) is 12.3 Å². The average Bonchev–Trinajstić information content (AvgIpc) is 3.46. The van der Waals surface area contributed by atoms with Crippen LogP contribution in [0.25, 0.3) is 11.3 Å². The number of hydrogen-bond acceptors (Lipinski definition) is 3. The van der Waals surface area contributed by atoms with Gasteiger partial charge in [-0.05, 0) is 78.8 Å². The van der Waals surface area contributed by atoms with Crippen molar-refractivity contribution in [3.63, 3.8) is 0 Å². The highest BCUT2D eigenvalue weighted by Crippen LogP contribution is 2.43. The highest BCUT2D eigenvalue weighted by molar-refractivity contribution is 7.80. The summed E-state index contributed by atoms with van der Waals surface area (Å²) in [6.07, 6.45) is 2.77. The lowest BCUT2D eigenvalue weighted by Crippen LogP contribution is -2.29. The van der Waals surface area contributed by atoms with E-state index in [0.717, 1.165) is 29.1 Å². The van der Waals surface area contributed by atoms with Gasteiger partial charge in [0.25, 0.3) is 0 Å². The van der Waals surface area contributed by atoms with Gasteiger partial charge in [0.05, 0.1) is 21.8 Å². The molecule has 166 valence electrons. The van der Waals surface area contributed by atoms with E-state index in [0.29, 0.717) is 20.9 Å². The van der Waals surface area contributed by atoms with Crippen LogP contribution in [0.2, 0.25) is 10.0 Å². The summed E-state index contributed by atoms with van der Waals surface area (Å²) in [4.78, 5) is 6.69. The van der Waals surface area contributed by atoms with E-state index in [4.69, 9.17) is 39.8 Å². The minimum atomic E-state index is -0.212. The topological polar surface area (TPSA) is 41.3 Å². The Labute approximate surface area is 208 Å². The standard InChI is InChI=1S/C26H21Cl2N3OS/c1-2-16-6-9-18(10-7-16)31-25(24(30-26(31)33)21-5-3-4-14-29-21)23-13-12-22(32-23)17-8-11-19(27)20(28)15-17/h3-15,24-25H,2H2,1H3,(H,30,33)/t24-,25-/m1/s1. The molecule has 0 spiro atoms. The maximum Gasteiger partial charge on any atom is 0.174 e. The van der Waals surface area contributed by atoms with Crippen LogP contribution in [-0.2, 0) is 6.42 Å². The molecule has 0 unspecified atom stereocenters. The quantitative estimate of drug-likeness (QED) is 0.293. The number of halogens is 2. The lowest BCUT2D eigenvalue weighted by molar-refractivity contribution is 0.439. The third-order valence-electron chi connectivity index (χ3n) is 5.84. The SMILES string of the molecule is CCc1ccc(N2C(=S)N[C@H](c3ccccn3)[C@H]2c2ccc(-c3ccc(Cl)c(Cl)c3)o2)cc1. The molecule has 7 heteroatoms. The fraction of sp³-hybridized carbons (Fsp3) is 0.154. The molecule has 4 aromatic rings. The molecule has 0 radical (unpaired) electrons. The summed E-state index contributed by atoms with van der Waals surface area (Å²) < 4.78 is 6.37. The van der Waals surface area contributed by atoms with Crippen LogP contribution in [-0.4, -0.2) is 10.1 Å². The molecule has 1 saturated heterocycles. The predicted molar refractivity (Wildman–Crippen MR) is 138 cm³/mol. The number of benzene rings is 2. The van der Waals surface area contributed by atoms with Crippen LogP contribution in [0.5, 0.6) is 0 Å². The Morgan fingerprint density at radius 1 is 1.00 bits per heavy atom. The molecule has 0 saturated carbocycles. The molecule has 1 N–H and O–H groups in total. The number of nitrogens with one attached hydrogen (secondary N) is 1. The number of anilines is 1. The summed E-state index contributed by atoms with van der Waals surface area (Å²) >= 11 is 18.1. The van der Waals surface area contributed by atoms with Gasteiger partial charge in [-0.15, -0.1) is 0 Å². The second-order valence-corrected chi connectivity index (χ2v) is 9.05. The second-order valence-electron chi connectivity index (χ2n) is 7.85. The Hall–Kier alpha value is -2.86. The van der Waals surface area contributed by atoms with Crippen molar-refractivity contribution >= 4 is 46.2 Å². The van der Waals surface area contributed by atoms with Gasteiger partial charge in [-0.2, -0.15) is 0 Å². The summed E-state index contributed by atoms with van der Waals surface area (Å²) in [6, 6.07) is 23.4. The summed E-state index contributed by atoms with van der Waals surface area (Å²) in [7, 11) is 0. The van der Waals surface area contributed by atoms with Crippen LogP contribution in [0, 0.1) is 0 Å². The zero-order valence-corrected chi connectivity index (χ0v) is 20.2. The van der Waals surface area contributed by atoms with Gasteiger partial charge in [-0.1, -0.05) is 48.3 Å². The highest BCUT2D eigenvalue weighted by Gasteiger charge is 2.42. The molecule has 33 heavy (non-hydrogen) atoms. The highest BCUT2D eigenvalue weighted by atomic mass is 35.5. The number of pyridine rings is 1. The molecular formula is C26H21Cl2N3OS. The normalized spacial score (nSPS) is 17.9. The maximum atomic E-state index is 6.37. The zero-order chi connectivity index (χ0) is 22.9. The van der Waals surface area contributed by atoms with E-state index in [1.165, 1.54) is 5.56 Å². The first-order chi connectivity index (χ1) is 16.0. The number of aromatic nitrogens is 1. The van der Waals surface area contributed by atoms with Crippen molar-refractivity contribution in [2.75, 3.05) is 4.90 Å². The Morgan fingerprint density at radius 2 is 1.82 bits per heavy atom. The Kier molecular flexibility index (Phi) is 6.11. The minimum Gasteiger partial charge on any atom is -0.459 e. The number of nitrogens with zero attached hydrogens (tertiary/aromatic N) is 2. The second kappa shape index (κ2) is 9.18. The van der Waals surface area contributed by atoms with E-state index in [9.17, 15) is 0 Å². The monoisotopic (exact) mass is 493 g/mol. The Morgan fingerprint density at radius 3 is 2.52 bits per heavy atom. The third kappa shape index (κ3) is 4.24. The average molecular weight is 494 g/mol. The molecular weight excluding hydrogens is 473 g/mol. The number of aryl methyl sites for hydroxylation is 1. The molecule has 1 aliphatic heterocycles. The molecule has 0 amide bonds. The fourth-order valence-electron chi connectivity index (χ4n) is 4.13. The van der Waals surface area contributed by atoms with Crippen LogP contribution in [0.4, 0.5) is 5.69 Å². The first-order valence-corrected chi connectivity index (χ1v) is 11.9. The number of hydrogen-bond donors (Lipinski definition) is 1. The summed E-state index contributed by atoms with van der Waals surface area (Å²) in [6.45, 7) is 2.14. The van der Waals surface area contributed by atoms with Crippen molar-refractivity contribution in [3.05, 3.63) is 106 Å². The van der Waals surface area contributed by atoms with Crippen LogP contribution in [0.1, 0.15) is 36.0 Å². The van der Waals surface area contributed by atoms with Crippen LogP contribution in [0.15, 0.2) is 83.4 Å². The molecule has 3 heterocycles. The lowest BCUT2D eigenvalue weighted by Gasteiger charge is -2.26. The number of rotatable bonds is 5. The third-order valence-corrected chi connectivity index (χ3v) is 6.90. The summed E-state index contributed by atoms with van der Waals surface area (Å²) in [5, 5.41) is 5.08. The minimum absolute atomic E-state index is 0.169. The van der Waals surface area contributed by atoms with Gasteiger partial charge in [0, 0.05) is 17.4 Å². The Bertz CT molecular complexity index is 1290. The molecule has 2 aromatic carbocycles. The molecule has 1 aliphatic rings. The smallest absolute Gasteiger partial charge is 0.174 e. The van der Waals surface area contributed by atoms with Crippen LogP contribution < -0.4 is 10.2 Å². The molecule has 0 bridgehead atoms. The number of thiocarbonyl (C=S) groups is 1. The fourth-order valence-corrected chi connectivity index (χ4v) is 4.77. The molecule has 2 aromatic heterocycles. The van der Waals surface area contributed by atoms with Crippen LogP contribution >= 0.6 is 35.4 Å². The van der Waals surface area contributed by atoms with Crippen molar-refractivity contribution in [1.82, 2.24) is 10.3 Å². The maximum absolute atomic E-state index is 6.37. The van der Waals surface area contributed by atoms with Crippen molar-refractivity contribution in [2.45, 2.75) is 25.4 Å². The molecule has 4 nitrogen and oxygen atoms in total. The van der Waals surface area contributed by atoms with Gasteiger partial charge in [-0.25, -0.2) is 0 Å². The Balaban J connectivity index is 1.58. The summed E-state index contributed by atoms with van der Waals surface area (Å²) in [5.74, 6) is 1.49. The van der Waals surface area contributed by atoms with Gasteiger partial charge in [0.2, 0.25) is 0 Å². The van der Waals surface area contributed by atoms with Gasteiger partial charge in [0.1, 0.15) is 17.6 Å². The zero-order valence-electron chi connectivity index (χ0n) is 17.8. The van der Waals surface area contributed by atoms with E-state index in [1.807, 2.05) is 42.5 Å². The van der Waals surface area contributed by atoms with Crippen molar-refractivity contribution in [3.8, 4) is 11.3 Å². The summed E-state index contributed by atoms with van der Waals surface area (Å²) in [5.41, 5.74) is 4.03. The van der Waals surface area contributed by atoms with Gasteiger partial charge < -0.3 is 14.6 Å². The van der Waals surface area contributed by atoms with Crippen LogP contribution in [0.3, 0.4) is 0 Å². The van der Waals surface area contributed by atoms with E-state index >= 15 is 0 Å². The largest absolute Gasteiger partial charge is 0.459 e. The van der Waals surface area contributed by atoms with Crippen molar-refractivity contribution in [1.29, 1.82) is 0 Å². The van der Waals surface area contributed by atoms with Gasteiger partial charge in [-0.3, -0.25) is 4.98 Å². The van der Waals surface area contributed by atoms with E-state index in [2.05, 4.69) is 46.4 Å². The van der Waals surface area contributed by atoms with E-state index < -0.39 is 0 Å². The molecule has 1 fully saturated rings. The lowest BCUT2D eigenvalue weighted by atomic mass is 10.0. The first kappa shape index (κ1) is 22.0. The number of furan rings is 1. The molecule has 0 aliphatic carbocycles.